The highest BCUT2D eigenvalue weighted by Gasteiger charge is 2.36. The summed E-state index contributed by atoms with van der Waals surface area (Å²) < 4.78 is 4.87. The molecule has 0 spiro atoms. The Kier molecular flexibility index (Phi) is 5.53. The smallest absolute Gasteiger partial charge is 0.325 e. The lowest BCUT2D eigenvalue weighted by atomic mass is 9.85. The van der Waals surface area contributed by atoms with Crippen molar-refractivity contribution in [2.24, 2.45) is 5.41 Å². The van der Waals surface area contributed by atoms with Gasteiger partial charge in [0.1, 0.15) is 6.54 Å². The van der Waals surface area contributed by atoms with Gasteiger partial charge < -0.3 is 14.7 Å². The molecule has 0 bridgehead atoms. The highest BCUT2D eigenvalue weighted by Crippen LogP contribution is 2.31. The first-order chi connectivity index (χ1) is 9.25. The van der Waals surface area contributed by atoms with E-state index in [0.29, 0.717) is 0 Å². The average Bonchev–Trinajstić information content (AvgIpc) is 3.07. The second kappa shape index (κ2) is 6.72. The minimum atomic E-state index is -0.925. The Hall–Kier alpha value is -1.59. The van der Waals surface area contributed by atoms with Gasteiger partial charge in [0.2, 0.25) is 5.91 Å². The van der Waals surface area contributed by atoms with E-state index in [9.17, 15) is 14.4 Å². The number of aliphatic carboxylic acids is 1. The summed E-state index contributed by atoms with van der Waals surface area (Å²) in [6, 6.07) is 0.104. The summed E-state index contributed by atoms with van der Waals surface area (Å²) in [5.74, 6) is -1.51. The minimum absolute atomic E-state index is 0.0412. The van der Waals surface area contributed by atoms with Crippen LogP contribution in [0.5, 0.6) is 0 Å². The van der Waals surface area contributed by atoms with Crippen molar-refractivity contribution in [1.82, 2.24) is 4.90 Å². The summed E-state index contributed by atoms with van der Waals surface area (Å²) >= 11 is 0. The van der Waals surface area contributed by atoms with E-state index in [0.717, 1.165) is 12.8 Å². The van der Waals surface area contributed by atoms with E-state index in [1.165, 1.54) is 4.90 Å². The highest BCUT2D eigenvalue weighted by molar-refractivity contribution is 5.83. The first-order valence-corrected chi connectivity index (χ1v) is 6.92. The van der Waals surface area contributed by atoms with E-state index >= 15 is 0 Å². The molecule has 0 aliphatic heterocycles. The van der Waals surface area contributed by atoms with Crippen molar-refractivity contribution >= 4 is 17.8 Å². The third-order valence-corrected chi connectivity index (χ3v) is 3.17. The van der Waals surface area contributed by atoms with Gasteiger partial charge in [0.25, 0.3) is 0 Å². The molecular weight excluding hydrogens is 262 g/mol. The van der Waals surface area contributed by atoms with Crippen molar-refractivity contribution in [3.63, 3.8) is 0 Å². The molecule has 6 heteroatoms. The lowest BCUT2D eigenvalue weighted by Crippen LogP contribution is -2.40. The van der Waals surface area contributed by atoms with Crippen molar-refractivity contribution in [3.05, 3.63) is 0 Å². The molecule has 0 saturated heterocycles. The number of nitrogens with zero attached hydrogens (tertiary/aromatic N) is 1. The Morgan fingerprint density at radius 1 is 1.25 bits per heavy atom. The molecule has 0 heterocycles. The Balaban J connectivity index is 2.60. The third kappa shape index (κ3) is 5.59. The van der Waals surface area contributed by atoms with Crippen LogP contribution in [0, 0.1) is 5.41 Å². The molecule has 1 saturated carbocycles. The summed E-state index contributed by atoms with van der Waals surface area (Å²) in [6.45, 7) is 5.45. The van der Waals surface area contributed by atoms with Crippen LogP contribution in [0.15, 0.2) is 0 Å². The number of amides is 1. The van der Waals surface area contributed by atoms with Crippen molar-refractivity contribution in [1.29, 1.82) is 0 Å². The van der Waals surface area contributed by atoms with Crippen LogP contribution >= 0.6 is 0 Å². The maximum atomic E-state index is 12.3. The lowest BCUT2D eigenvalue weighted by Gasteiger charge is -2.27. The molecule has 114 valence electrons. The van der Waals surface area contributed by atoms with Crippen molar-refractivity contribution in [2.45, 2.75) is 52.5 Å². The van der Waals surface area contributed by atoms with Crippen molar-refractivity contribution < 1.29 is 24.2 Å². The zero-order valence-electron chi connectivity index (χ0n) is 12.3. The summed E-state index contributed by atoms with van der Waals surface area (Å²) in [7, 11) is 0. The molecule has 0 radical (unpaired) electrons. The number of esters is 1. The van der Waals surface area contributed by atoms with Crippen LogP contribution in [-0.4, -0.2) is 47.0 Å². The van der Waals surface area contributed by atoms with Crippen LogP contribution in [-0.2, 0) is 19.1 Å². The second-order valence-electron chi connectivity index (χ2n) is 5.97. The van der Waals surface area contributed by atoms with E-state index in [1.807, 2.05) is 0 Å². The van der Waals surface area contributed by atoms with Gasteiger partial charge in [-0.3, -0.25) is 14.4 Å². The van der Waals surface area contributed by atoms with Gasteiger partial charge in [-0.05, 0) is 25.2 Å². The van der Waals surface area contributed by atoms with E-state index in [-0.39, 0.29) is 37.9 Å². The molecule has 0 atom stereocenters. The summed E-state index contributed by atoms with van der Waals surface area (Å²) in [5.41, 5.74) is -0.620. The molecule has 0 aromatic rings. The predicted octanol–water partition coefficient (Wildman–Crippen LogP) is 1.43. The van der Waals surface area contributed by atoms with E-state index in [4.69, 9.17) is 9.84 Å². The maximum Gasteiger partial charge on any atom is 0.325 e. The molecular formula is C14H23NO5. The number of carbonyl (C=O) groups is 3. The van der Waals surface area contributed by atoms with Crippen LogP contribution in [0.2, 0.25) is 0 Å². The monoisotopic (exact) mass is 285 g/mol. The molecule has 1 amide bonds. The standard InChI is InChI=1S/C14H23NO5/c1-4-20-13(19)9-15(10-5-6-10)11(16)7-14(2,3)8-12(17)18/h10H,4-9H2,1-3H3,(H,17,18). The molecule has 0 unspecified atom stereocenters. The van der Waals surface area contributed by atoms with Crippen LogP contribution in [0.25, 0.3) is 0 Å². The average molecular weight is 285 g/mol. The highest BCUT2D eigenvalue weighted by atomic mass is 16.5. The molecule has 0 aromatic heterocycles. The number of ether oxygens (including phenoxy) is 1. The molecule has 1 aliphatic rings. The number of hydrogen-bond donors (Lipinski definition) is 1. The maximum absolute atomic E-state index is 12.3. The first kappa shape index (κ1) is 16.5. The summed E-state index contributed by atoms with van der Waals surface area (Å²) in [4.78, 5) is 36.1. The number of carboxylic acid groups (broad SMARTS) is 1. The van der Waals surface area contributed by atoms with Gasteiger partial charge in [0.15, 0.2) is 0 Å². The first-order valence-electron chi connectivity index (χ1n) is 6.92. The SMILES string of the molecule is CCOC(=O)CN(C(=O)CC(C)(C)CC(=O)O)C1CC1. The molecule has 1 fully saturated rings. The fourth-order valence-electron chi connectivity index (χ4n) is 2.14. The van der Waals surface area contributed by atoms with Crippen LogP contribution in [0.1, 0.15) is 46.5 Å². The molecule has 6 nitrogen and oxygen atoms in total. The second-order valence-corrected chi connectivity index (χ2v) is 5.97. The number of carbonyl (C=O) groups excluding carboxylic acids is 2. The summed E-state index contributed by atoms with van der Waals surface area (Å²) in [5, 5.41) is 8.84. The van der Waals surface area contributed by atoms with Gasteiger partial charge >= 0.3 is 11.9 Å². The fraction of sp³-hybridized carbons (Fsp3) is 0.786. The molecule has 1 N–H and O–H groups in total. The Morgan fingerprint density at radius 3 is 2.30 bits per heavy atom. The third-order valence-electron chi connectivity index (χ3n) is 3.17. The van der Waals surface area contributed by atoms with Gasteiger partial charge in [-0.25, -0.2) is 0 Å². The zero-order valence-corrected chi connectivity index (χ0v) is 12.3. The quantitative estimate of drug-likeness (QED) is 0.682. The van der Waals surface area contributed by atoms with Crippen LogP contribution in [0.4, 0.5) is 0 Å². The zero-order chi connectivity index (χ0) is 15.3. The Morgan fingerprint density at radius 2 is 1.85 bits per heavy atom. The molecule has 20 heavy (non-hydrogen) atoms. The van der Waals surface area contributed by atoms with E-state index in [2.05, 4.69) is 0 Å². The Bertz CT molecular complexity index is 387. The fourth-order valence-corrected chi connectivity index (χ4v) is 2.14. The van der Waals surface area contributed by atoms with Crippen LogP contribution in [0.3, 0.4) is 0 Å². The van der Waals surface area contributed by atoms with Gasteiger partial charge in [0.05, 0.1) is 13.0 Å². The van der Waals surface area contributed by atoms with Gasteiger partial charge in [-0.15, -0.1) is 0 Å². The van der Waals surface area contributed by atoms with E-state index in [1.54, 1.807) is 20.8 Å². The molecule has 0 aromatic carbocycles. The minimum Gasteiger partial charge on any atom is -0.481 e. The predicted molar refractivity (Wildman–Crippen MR) is 72.0 cm³/mol. The van der Waals surface area contributed by atoms with Crippen molar-refractivity contribution in [3.8, 4) is 0 Å². The lowest BCUT2D eigenvalue weighted by molar-refractivity contribution is -0.150. The van der Waals surface area contributed by atoms with Crippen molar-refractivity contribution in [2.75, 3.05) is 13.2 Å². The normalized spacial score (nSPS) is 14.8. The molecule has 1 aliphatic carbocycles. The van der Waals surface area contributed by atoms with Crippen LogP contribution < -0.4 is 0 Å². The summed E-state index contributed by atoms with van der Waals surface area (Å²) in [6.07, 6.45) is 1.83. The Labute approximate surface area is 119 Å². The topological polar surface area (TPSA) is 83.9 Å². The van der Waals surface area contributed by atoms with Gasteiger partial charge in [-0.1, -0.05) is 13.8 Å². The molecule has 1 rings (SSSR count). The van der Waals surface area contributed by atoms with Gasteiger partial charge in [0, 0.05) is 12.5 Å². The van der Waals surface area contributed by atoms with E-state index < -0.39 is 17.4 Å². The number of hydrogen-bond acceptors (Lipinski definition) is 4. The van der Waals surface area contributed by atoms with Gasteiger partial charge in [-0.2, -0.15) is 0 Å². The number of carboxylic acids is 1. The number of rotatable bonds is 8. The largest absolute Gasteiger partial charge is 0.481 e.